The quantitative estimate of drug-likeness (QED) is 0.538. The minimum absolute atomic E-state index is 0.203. The Balaban J connectivity index is 2.64. The molecule has 0 saturated carbocycles. The van der Waals surface area contributed by atoms with Crippen LogP contribution in [0.4, 0.5) is 0 Å². The van der Waals surface area contributed by atoms with E-state index in [1.165, 1.54) is 0 Å². The number of benzene rings is 1. The maximum absolute atomic E-state index is 13.3. The van der Waals surface area contributed by atoms with Crippen LogP contribution in [0.25, 0.3) is 0 Å². The number of halogens is 2. The van der Waals surface area contributed by atoms with Gasteiger partial charge in [-0.15, -0.1) is 11.3 Å². The van der Waals surface area contributed by atoms with Gasteiger partial charge in [-0.3, -0.25) is 4.79 Å². The van der Waals surface area contributed by atoms with Crippen molar-refractivity contribution < 1.29 is 4.79 Å². The summed E-state index contributed by atoms with van der Waals surface area (Å²) in [6.07, 6.45) is 0.756. The van der Waals surface area contributed by atoms with E-state index in [9.17, 15) is 4.79 Å². The zero-order valence-corrected chi connectivity index (χ0v) is 17.5. The summed E-state index contributed by atoms with van der Waals surface area (Å²) in [5, 5.41) is 0. The van der Waals surface area contributed by atoms with Crippen molar-refractivity contribution >= 4 is 49.0 Å². The molecule has 5 heteroatoms. The van der Waals surface area contributed by atoms with Crippen molar-refractivity contribution in [2.45, 2.75) is 23.6 Å². The van der Waals surface area contributed by atoms with Crippen molar-refractivity contribution in [3.05, 3.63) is 56.7 Å². The lowest BCUT2D eigenvalue weighted by Gasteiger charge is -2.34. The first-order chi connectivity index (χ1) is 10.9. The highest BCUT2D eigenvalue weighted by Gasteiger charge is 2.44. The number of Topliss-reactive ketones (excluding diaryl/α,β-unsaturated/α-hetero) is 1. The fourth-order valence-electron chi connectivity index (χ4n) is 2.79. The SMILES string of the molecule is C[C@@H](Br)C(=O)[C@](CCN(C)C)(c1ccccc1)c1ccc(Br)s1. The van der Waals surface area contributed by atoms with E-state index in [0.717, 1.165) is 27.2 Å². The molecule has 2 atom stereocenters. The van der Waals surface area contributed by atoms with Gasteiger partial charge in [-0.1, -0.05) is 46.3 Å². The lowest BCUT2D eigenvalue weighted by molar-refractivity contribution is -0.122. The van der Waals surface area contributed by atoms with Gasteiger partial charge in [0.1, 0.15) is 0 Å². The third-order valence-electron chi connectivity index (χ3n) is 3.98. The van der Waals surface area contributed by atoms with E-state index >= 15 is 0 Å². The number of alkyl halides is 1. The van der Waals surface area contributed by atoms with Crippen LogP contribution in [0.3, 0.4) is 0 Å². The van der Waals surface area contributed by atoms with E-state index < -0.39 is 5.41 Å². The van der Waals surface area contributed by atoms with Crippen molar-refractivity contribution in [2.24, 2.45) is 0 Å². The molecule has 0 unspecified atom stereocenters. The molecule has 2 nitrogen and oxygen atoms in total. The van der Waals surface area contributed by atoms with Gasteiger partial charge >= 0.3 is 0 Å². The molecule has 0 radical (unpaired) electrons. The number of nitrogens with zero attached hydrogens (tertiary/aromatic N) is 1. The van der Waals surface area contributed by atoms with Crippen molar-refractivity contribution in [1.82, 2.24) is 4.90 Å². The normalized spacial score (nSPS) is 15.4. The van der Waals surface area contributed by atoms with Crippen LogP contribution < -0.4 is 0 Å². The molecular weight excluding hydrogens is 438 g/mol. The van der Waals surface area contributed by atoms with Gasteiger partial charge in [-0.2, -0.15) is 0 Å². The number of carbonyl (C=O) groups is 1. The van der Waals surface area contributed by atoms with E-state index in [0.29, 0.717) is 0 Å². The summed E-state index contributed by atoms with van der Waals surface area (Å²) in [6, 6.07) is 14.2. The Morgan fingerprint density at radius 1 is 1.22 bits per heavy atom. The first kappa shape index (κ1) is 18.8. The highest BCUT2D eigenvalue weighted by atomic mass is 79.9. The monoisotopic (exact) mass is 457 g/mol. The van der Waals surface area contributed by atoms with E-state index in [2.05, 4.69) is 55.0 Å². The van der Waals surface area contributed by atoms with Gasteiger partial charge < -0.3 is 4.90 Å². The molecule has 0 saturated heterocycles. The lowest BCUT2D eigenvalue weighted by Crippen LogP contribution is -2.42. The molecule has 0 fully saturated rings. The lowest BCUT2D eigenvalue weighted by atomic mass is 9.72. The molecule has 1 aromatic carbocycles. The van der Waals surface area contributed by atoms with Crippen LogP contribution >= 0.6 is 43.2 Å². The number of hydrogen-bond acceptors (Lipinski definition) is 3. The Morgan fingerprint density at radius 2 is 1.87 bits per heavy atom. The Hall–Kier alpha value is -0.490. The first-order valence-corrected chi connectivity index (χ1v) is 10.0. The third kappa shape index (κ3) is 4.13. The standard InChI is InChI=1S/C18H21Br2NOS/c1-13(19)17(22)18(11-12-21(2)3,14-7-5-4-6-8-14)15-9-10-16(20)23-15/h4-10,13H,11-12H2,1-3H3/t13-,18-/m1/s1. The molecule has 1 heterocycles. The second-order valence-corrected chi connectivity index (χ2v) is 9.75. The highest BCUT2D eigenvalue weighted by Crippen LogP contribution is 2.43. The molecule has 124 valence electrons. The van der Waals surface area contributed by atoms with Crippen LogP contribution in [0.1, 0.15) is 23.8 Å². The predicted molar refractivity (Wildman–Crippen MR) is 106 cm³/mol. The van der Waals surface area contributed by atoms with Crippen LogP contribution in [0.2, 0.25) is 0 Å². The molecular formula is C18H21Br2NOS. The van der Waals surface area contributed by atoms with Crippen molar-refractivity contribution in [3.63, 3.8) is 0 Å². The largest absolute Gasteiger partial charge is 0.309 e. The first-order valence-electron chi connectivity index (χ1n) is 7.52. The highest BCUT2D eigenvalue weighted by molar-refractivity contribution is 9.11. The van der Waals surface area contributed by atoms with Gasteiger partial charge in [-0.25, -0.2) is 0 Å². The molecule has 0 N–H and O–H groups in total. The van der Waals surface area contributed by atoms with Gasteiger partial charge in [0.15, 0.2) is 5.78 Å². The average molecular weight is 459 g/mol. The molecule has 2 rings (SSSR count). The zero-order chi connectivity index (χ0) is 17.0. The number of rotatable bonds is 7. The van der Waals surface area contributed by atoms with Gasteiger partial charge in [-0.05, 0) is 67.6 Å². The molecule has 0 spiro atoms. The van der Waals surface area contributed by atoms with Crippen molar-refractivity contribution in [1.29, 1.82) is 0 Å². The van der Waals surface area contributed by atoms with Crippen LogP contribution in [-0.2, 0) is 10.2 Å². The summed E-state index contributed by atoms with van der Waals surface area (Å²) < 4.78 is 1.05. The van der Waals surface area contributed by atoms with Gasteiger partial charge in [0, 0.05) is 4.88 Å². The third-order valence-corrected chi connectivity index (χ3v) is 6.18. The minimum Gasteiger partial charge on any atom is -0.309 e. The number of thiophene rings is 1. The van der Waals surface area contributed by atoms with Crippen LogP contribution in [0.15, 0.2) is 46.3 Å². The molecule has 0 bridgehead atoms. The van der Waals surface area contributed by atoms with Gasteiger partial charge in [0.05, 0.1) is 14.0 Å². The molecule has 0 aliphatic heterocycles. The van der Waals surface area contributed by atoms with Crippen LogP contribution in [0.5, 0.6) is 0 Å². The van der Waals surface area contributed by atoms with Gasteiger partial charge in [0.25, 0.3) is 0 Å². The van der Waals surface area contributed by atoms with E-state index in [4.69, 9.17) is 0 Å². The zero-order valence-electron chi connectivity index (χ0n) is 13.6. The molecule has 1 aromatic heterocycles. The second kappa shape index (κ2) is 8.06. The minimum atomic E-state index is -0.620. The second-order valence-electron chi connectivity index (χ2n) is 5.91. The van der Waals surface area contributed by atoms with E-state index in [-0.39, 0.29) is 10.6 Å². The summed E-state index contributed by atoms with van der Waals surface area (Å²) in [5.74, 6) is 0.208. The van der Waals surface area contributed by atoms with Crippen molar-refractivity contribution in [2.75, 3.05) is 20.6 Å². The number of ketones is 1. The molecule has 0 aliphatic rings. The predicted octanol–water partition coefficient (Wildman–Crippen LogP) is 5.10. The summed E-state index contributed by atoms with van der Waals surface area (Å²) >= 11 is 8.71. The van der Waals surface area contributed by atoms with Crippen LogP contribution in [-0.4, -0.2) is 36.2 Å². The average Bonchev–Trinajstić information content (AvgIpc) is 2.95. The van der Waals surface area contributed by atoms with Crippen LogP contribution in [0, 0.1) is 0 Å². The Morgan fingerprint density at radius 3 is 2.35 bits per heavy atom. The van der Waals surface area contributed by atoms with Gasteiger partial charge in [0.2, 0.25) is 0 Å². The summed E-state index contributed by atoms with van der Waals surface area (Å²) in [7, 11) is 4.09. The summed E-state index contributed by atoms with van der Waals surface area (Å²) in [5.41, 5.74) is 0.443. The molecule has 0 amide bonds. The Bertz CT molecular complexity index is 654. The Kier molecular flexibility index (Phi) is 6.60. The Labute approximate surface area is 159 Å². The van der Waals surface area contributed by atoms with Crippen molar-refractivity contribution in [3.8, 4) is 0 Å². The smallest absolute Gasteiger partial charge is 0.161 e. The number of carbonyl (C=O) groups excluding carboxylic acids is 1. The van der Waals surface area contributed by atoms with E-state index in [1.54, 1.807) is 11.3 Å². The number of hydrogen-bond donors (Lipinski definition) is 0. The maximum Gasteiger partial charge on any atom is 0.161 e. The summed E-state index contributed by atoms with van der Waals surface area (Å²) in [4.78, 5) is 16.3. The molecule has 0 aliphatic carbocycles. The van der Waals surface area contributed by atoms with E-state index in [1.807, 2.05) is 45.3 Å². The topological polar surface area (TPSA) is 20.3 Å². The summed E-state index contributed by atoms with van der Waals surface area (Å²) in [6.45, 7) is 2.76. The molecule has 2 aromatic rings. The fraction of sp³-hybridized carbons (Fsp3) is 0.389. The fourth-order valence-corrected chi connectivity index (χ4v) is 4.82. The molecule has 23 heavy (non-hydrogen) atoms. The maximum atomic E-state index is 13.3.